The van der Waals surface area contributed by atoms with Gasteiger partial charge in [-0.2, -0.15) is 0 Å². The summed E-state index contributed by atoms with van der Waals surface area (Å²) in [4.78, 5) is 25.3. The summed E-state index contributed by atoms with van der Waals surface area (Å²) in [6.07, 6.45) is 10.2. The van der Waals surface area contributed by atoms with Crippen LogP contribution >= 0.6 is 11.8 Å². The number of carbonyl (C=O) groups excluding carboxylic acids is 2. The molecule has 4 nitrogen and oxygen atoms in total. The van der Waals surface area contributed by atoms with Crippen molar-refractivity contribution in [1.29, 1.82) is 0 Å². The molecule has 150 valence electrons. The molecule has 0 aromatic rings. The van der Waals surface area contributed by atoms with Crippen LogP contribution in [0.15, 0.2) is 35.5 Å². The van der Waals surface area contributed by atoms with E-state index in [9.17, 15) is 9.59 Å². The number of esters is 1. The largest absolute Gasteiger partial charge is 0.456 e. The second kappa shape index (κ2) is 9.74. The standard InChI is InChI=1S/C22H32O4S/c1-15-8-6-9-16(2)12-19(23)18-13-20(26-21(24)17(18)3)22(4,11-7-10-15)25-14-27-5/h9-10,18,20H,3,6-8,11-14H2,1-2,4-5H3/b15-10+,16-9+/t18-,20-,22+/m0/s1. The van der Waals surface area contributed by atoms with Crippen molar-refractivity contribution >= 4 is 23.5 Å². The average molecular weight is 393 g/mol. The van der Waals surface area contributed by atoms with Crippen LogP contribution in [0.2, 0.25) is 0 Å². The van der Waals surface area contributed by atoms with Crippen molar-refractivity contribution in [1.82, 2.24) is 0 Å². The highest BCUT2D eigenvalue weighted by atomic mass is 32.2. The number of Topliss-reactive ketones (excluding diaryl/α,β-unsaturated/α-hetero) is 1. The Balaban J connectivity index is 2.35. The minimum Gasteiger partial charge on any atom is -0.456 e. The second-order valence-corrected chi connectivity index (χ2v) is 8.71. The molecule has 1 saturated heterocycles. The SMILES string of the molecule is C=C1C(=O)O[C@H]2C[C@@H]1C(=O)C/C(C)=C/CC/C(C)=C/CC[C@@]2(C)OCSC. The predicted molar refractivity (Wildman–Crippen MR) is 111 cm³/mol. The molecule has 0 unspecified atom stereocenters. The van der Waals surface area contributed by atoms with Gasteiger partial charge in [0, 0.05) is 18.4 Å². The molecule has 0 amide bonds. The highest BCUT2D eigenvalue weighted by molar-refractivity contribution is 7.98. The summed E-state index contributed by atoms with van der Waals surface area (Å²) < 4.78 is 11.8. The van der Waals surface area contributed by atoms with E-state index in [4.69, 9.17) is 9.47 Å². The lowest BCUT2D eigenvalue weighted by Crippen LogP contribution is -2.50. The molecule has 1 aliphatic heterocycles. The monoisotopic (exact) mass is 392 g/mol. The Bertz CT molecular complexity index is 649. The molecule has 2 aliphatic rings. The number of hydrogen-bond donors (Lipinski definition) is 0. The van der Waals surface area contributed by atoms with Gasteiger partial charge in [-0.25, -0.2) is 4.79 Å². The van der Waals surface area contributed by atoms with E-state index in [1.807, 2.05) is 20.1 Å². The van der Waals surface area contributed by atoms with E-state index < -0.39 is 23.6 Å². The van der Waals surface area contributed by atoms with Crippen molar-refractivity contribution in [3.8, 4) is 0 Å². The molecule has 2 bridgehead atoms. The summed E-state index contributed by atoms with van der Waals surface area (Å²) >= 11 is 1.59. The topological polar surface area (TPSA) is 52.6 Å². The first-order valence-electron chi connectivity index (χ1n) is 9.63. The highest BCUT2D eigenvalue weighted by Crippen LogP contribution is 2.37. The van der Waals surface area contributed by atoms with Crippen LogP contribution in [-0.4, -0.2) is 35.7 Å². The molecule has 3 atom stereocenters. The van der Waals surface area contributed by atoms with Crippen LogP contribution in [-0.2, 0) is 19.1 Å². The zero-order chi connectivity index (χ0) is 20.0. The number of allylic oxidation sites excluding steroid dienone is 4. The Morgan fingerprint density at radius 2 is 1.96 bits per heavy atom. The Morgan fingerprint density at radius 3 is 2.67 bits per heavy atom. The lowest BCUT2D eigenvalue weighted by molar-refractivity contribution is -0.175. The summed E-state index contributed by atoms with van der Waals surface area (Å²) in [7, 11) is 0. The van der Waals surface area contributed by atoms with Gasteiger partial charge in [-0.3, -0.25) is 4.79 Å². The normalized spacial score (nSPS) is 34.7. The summed E-state index contributed by atoms with van der Waals surface area (Å²) in [5, 5.41) is 0. The van der Waals surface area contributed by atoms with Gasteiger partial charge < -0.3 is 9.47 Å². The molecule has 5 heteroatoms. The van der Waals surface area contributed by atoms with Crippen LogP contribution in [0.3, 0.4) is 0 Å². The minimum atomic E-state index is -0.621. The molecule has 0 spiro atoms. The first-order chi connectivity index (χ1) is 12.8. The van der Waals surface area contributed by atoms with Gasteiger partial charge in [0.2, 0.25) is 0 Å². The maximum atomic E-state index is 12.9. The maximum absolute atomic E-state index is 12.9. The van der Waals surface area contributed by atoms with E-state index >= 15 is 0 Å². The van der Waals surface area contributed by atoms with Gasteiger partial charge in [0.15, 0.2) is 0 Å². The fourth-order valence-corrected chi connectivity index (χ4v) is 4.08. The smallest absolute Gasteiger partial charge is 0.334 e. The Hall–Kier alpha value is -1.33. The van der Waals surface area contributed by atoms with E-state index in [1.165, 1.54) is 5.57 Å². The van der Waals surface area contributed by atoms with Gasteiger partial charge >= 0.3 is 5.97 Å². The minimum absolute atomic E-state index is 0.0481. The van der Waals surface area contributed by atoms with Crippen LogP contribution in [0.5, 0.6) is 0 Å². The van der Waals surface area contributed by atoms with Crippen LogP contribution in [0.4, 0.5) is 0 Å². The quantitative estimate of drug-likeness (QED) is 0.293. The van der Waals surface area contributed by atoms with E-state index in [1.54, 1.807) is 11.8 Å². The van der Waals surface area contributed by atoms with Crippen LogP contribution < -0.4 is 0 Å². The van der Waals surface area contributed by atoms with Crippen molar-refractivity contribution in [2.45, 2.75) is 71.0 Å². The number of rotatable bonds is 3. The Kier molecular flexibility index (Phi) is 7.92. The van der Waals surface area contributed by atoms with Gasteiger partial charge in [0.1, 0.15) is 17.5 Å². The van der Waals surface area contributed by atoms with E-state index in [2.05, 4.69) is 25.7 Å². The molecule has 1 aliphatic carbocycles. The fraction of sp³-hybridized carbons (Fsp3) is 0.636. The highest BCUT2D eigenvalue weighted by Gasteiger charge is 2.45. The van der Waals surface area contributed by atoms with Crippen molar-refractivity contribution < 1.29 is 19.1 Å². The van der Waals surface area contributed by atoms with E-state index in [0.717, 1.165) is 31.3 Å². The number of ether oxygens (including phenoxy) is 2. The zero-order valence-electron chi connectivity index (χ0n) is 17.0. The molecule has 0 radical (unpaired) electrons. The molecule has 2 rings (SSSR count). The fourth-order valence-electron chi connectivity index (χ4n) is 3.69. The first-order valence-corrected chi connectivity index (χ1v) is 11.0. The third kappa shape index (κ3) is 5.82. The predicted octanol–water partition coefficient (Wildman–Crippen LogP) is 5.00. The van der Waals surface area contributed by atoms with Gasteiger partial charge in [-0.05, 0) is 52.7 Å². The number of fused-ring (bicyclic) bond motifs is 2. The number of hydrogen-bond acceptors (Lipinski definition) is 5. The zero-order valence-corrected chi connectivity index (χ0v) is 17.8. The lowest BCUT2D eigenvalue weighted by atomic mass is 9.79. The van der Waals surface area contributed by atoms with Crippen molar-refractivity contribution in [2.75, 3.05) is 12.2 Å². The van der Waals surface area contributed by atoms with Crippen LogP contribution in [0, 0.1) is 5.92 Å². The third-order valence-electron chi connectivity index (χ3n) is 5.58. The average Bonchev–Trinajstić information content (AvgIpc) is 2.61. The summed E-state index contributed by atoms with van der Waals surface area (Å²) in [6, 6.07) is 0. The molecule has 0 saturated carbocycles. The Morgan fingerprint density at radius 1 is 1.26 bits per heavy atom. The summed E-state index contributed by atoms with van der Waals surface area (Å²) in [6.45, 7) is 9.96. The second-order valence-electron chi connectivity index (χ2n) is 7.89. The van der Waals surface area contributed by atoms with Crippen LogP contribution in [0.25, 0.3) is 0 Å². The molecular formula is C22H32O4S. The maximum Gasteiger partial charge on any atom is 0.334 e. The van der Waals surface area contributed by atoms with Crippen LogP contribution in [0.1, 0.15) is 59.3 Å². The molecule has 1 heterocycles. The number of thioether (sulfide) groups is 1. The lowest BCUT2D eigenvalue weighted by Gasteiger charge is -2.41. The molecule has 0 aromatic heterocycles. The number of carbonyl (C=O) groups is 2. The Labute approximate surface area is 167 Å². The van der Waals surface area contributed by atoms with Gasteiger partial charge in [0.25, 0.3) is 0 Å². The van der Waals surface area contributed by atoms with Crippen molar-refractivity contribution in [3.05, 3.63) is 35.5 Å². The van der Waals surface area contributed by atoms with Gasteiger partial charge in [0.05, 0.1) is 11.9 Å². The summed E-state index contributed by atoms with van der Waals surface area (Å²) in [5.74, 6) is -0.387. The number of ketones is 1. The summed E-state index contributed by atoms with van der Waals surface area (Å²) in [5.41, 5.74) is 2.04. The molecular weight excluding hydrogens is 360 g/mol. The molecule has 1 fully saturated rings. The van der Waals surface area contributed by atoms with Gasteiger partial charge in [-0.1, -0.05) is 29.9 Å². The van der Waals surface area contributed by atoms with E-state index in [-0.39, 0.29) is 11.4 Å². The van der Waals surface area contributed by atoms with Crippen molar-refractivity contribution in [3.63, 3.8) is 0 Å². The molecule has 0 aromatic carbocycles. The van der Waals surface area contributed by atoms with E-state index in [0.29, 0.717) is 18.8 Å². The molecule has 27 heavy (non-hydrogen) atoms. The first kappa shape index (κ1) is 22.0. The third-order valence-corrected chi connectivity index (χ3v) is 5.93. The van der Waals surface area contributed by atoms with Gasteiger partial charge in [-0.15, -0.1) is 11.8 Å². The van der Waals surface area contributed by atoms with Crippen molar-refractivity contribution in [2.24, 2.45) is 5.92 Å². The molecule has 0 N–H and O–H groups in total.